The number of hydrogen-bond acceptors (Lipinski definition) is 4. The number of carbonyl (C=O) groups is 1. The fourth-order valence-corrected chi connectivity index (χ4v) is 2.54. The molecule has 0 spiro atoms. The van der Waals surface area contributed by atoms with Crippen LogP contribution in [-0.2, 0) is 0 Å². The smallest absolute Gasteiger partial charge is 0.274 e. The molecule has 2 heterocycles. The molecular weight excluding hydrogens is 264 g/mol. The zero-order chi connectivity index (χ0) is 15.2. The minimum absolute atomic E-state index is 0.0465. The minimum atomic E-state index is -0.0465. The molecule has 1 aliphatic heterocycles. The van der Waals surface area contributed by atoms with Crippen molar-refractivity contribution in [3.63, 3.8) is 0 Å². The summed E-state index contributed by atoms with van der Waals surface area (Å²) in [6, 6.07) is 3.72. The number of carbonyl (C=O) groups excluding carboxylic acids is 1. The number of unbranched alkanes of at least 4 members (excludes halogenated alkanes) is 1. The molecule has 1 aliphatic rings. The molecule has 2 rings (SSSR count). The Morgan fingerprint density at radius 1 is 1.33 bits per heavy atom. The average Bonchev–Trinajstić information content (AvgIpc) is 2.53. The van der Waals surface area contributed by atoms with Crippen molar-refractivity contribution < 1.29 is 4.79 Å². The Morgan fingerprint density at radius 2 is 2.05 bits per heavy atom. The van der Waals surface area contributed by atoms with Crippen molar-refractivity contribution in [3.8, 4) is 0 Å². The van der Waals surface area contributed by atoms with Gasteiger partial charge in [-0.25, -0.2) is 0 Å². The first-order chi connectivity index (χ1) is 10.1. The molecule has 0 N–H and O–H groups in total. The van der Waals surface area contributed by atoms with Crippen LogP contribution < -0.4 is 4.90 Å². The van der Waals surface area contributed by atoms with Gasteiger partial charge in [0.05, 0.1) is 0 Å². The van der Waals surface area contributed by atoms with Crippen LogP contribution in [0.15, 0.2) is 12.1 Å². The SMILES string of the molecule is CCCCN(C)C(=O)c1ccc(N2CCC(C)CC2)nn1. The van der Waals surface area contributed by atoms with E-state index in [4.69, 9.17) is 0 Å². The van der Waals surface area contributed by atoms with E-state index in [2.05, 4.69) is 28.9 Å². The summed E-state index contributed by atoms with van der Waals surface area (Å²) in [5, 5.41) is 8.36. The average molecular weight is 290 g/mol. The normalized spacial score (nSPS) is 16.0. The van der Waals surface area contributed by atoms with Crippen LogP contribution in [0.1, 0.15) is 50.0 Å². The summed E-state index contributed by atoms with van der Waals surface area (Å²) < 4.78 is 0. The van der Waals surface area contributed by atoms with Crippen molar-refractivity contribution in [3.05, 3.63) is 17.8 Å². The van der Waals surface area contributed by atoms with Crippen LogP contribution in [0.5, 0.6) is 0 Å². The van der Waals surface area contributed by atoms with Gasteiger partial charge in [0.2, 0.25) is 0 Å². The minimum Gasteiger partial charge on any atom is -0.355 e. The predicted octanol–water partition coefficient (Wildman–Crippen LogP) is 2.59. The number of aromatic nitrogens is 2. The van der Waals surface area contributed by atoms with E-state index in [1.54, 1.807) is 11.0 Å². The zero-order valence-electron chi connectivity index (χ0n) is 13.4. The number of nitrogens with zero attached hydrogens (tertiary/aromatic N) is 4. The van der Waals surface area contributed by atoms with Gasteiger partial charge in [0, 0.05) is 26.7 Å². The van der Waals surface area contributed by atoms with Crippen LogP contribution >= 0.6 is 0 Å². The third-order valence-electron chi connectivity index (χ3n) is 4.17. The van der Waals surface area contributed by atoms with E-state index in [-0.39, 0.29) is 5.91 Å². The summed E-state index contributed by atoms with van der Waals surface area (Å²) in [6.45, 7) is 7.23. The Morgan fingerprint density at radius 3 is 2.62 bits per heavy atom. The molecule has 1 amide bonds. The lowest BCUT2D eigenvalue weighted by Crippen LogP contribution is -2.34. The van der Waals surface area contributed by atoms with Crippen molar-refractivity contribution in [2.75, 3.05) is 31.6 Å². The number of hydrogen-bond donors (Lipinski definition) is 0. The maximum atomic E-state index is 12.2. The van der Waals surface area contributed by atoms with Gasteiger partial charge in [-0.05, 0) is 37.3 Å². The lowest BCUT2D eigenvalue weighted by molar-refractivity contribution is 0.0786. The van der Waals surface area contributed by atoms with Gasteiger partial charge < -0.3 is 9.80 Å². The molecule has 0 radical (unpaired) electrons. The maximum Gasteiger partial charge on any atom is 0.274 e. The second-order valence-electron chi connectivity index (χ2n) is 6.03. The molecule has 1 aromatic rings. The van der Waals surface area contributed by atoms with Gasteiger partial charge in [-0.1, -0.05) is 20.3 Å². The quantitative estimate of drug-likeness (QED) is 0.836. The maximum absolute atomic E-state index is 12.2. The highest BCUT2D eigenvalue weighted by atomic mass is 16.2. The number of amides is 1. The van der Waals surface area contributed by atoms with Crippen LogP contribution in [0.4, 0.5) is 5.82 Å². The fraction of sp³-hybridized carbons (Fsp3) is 0.688. The van der Waals surface area contributed by atoms with Gasteiger partial charge in [0.1, 0.15) is 0 Å². The number of piperidine rings is 1. The molecule has 0 bridgehead atoms. The Labute approximate surface area is 127 Å². The van der Waals surface area contributed by atoms with Crippen LogP contribution in [0.3, 0.4) is 0 Å². The summed E-state index contributed by atoms with van der Waals surface area (Å²) >= 11 is 0. The van der Waals surface area contributed by atoms with Crippen LogP contribution in [-0.4, -0.2) is 47.7 Å². The third-order valence-corrected chi connectivity index (χ3v) is 4.17. The molecule has 0 aliphatic carbocycles. The van der Waals surface area contributed by atoms with E-state index in [1.807, 2.05) is 13.1 Å². The van der Waals surface area contributed by atoms with Crippen LogP contribution in [0.2, 0.25) is 0 Å². The van der Waals surface area contributed by atoms with E-state index in [9.17, 15) is 4.79 Å². The summed E-state index contributed by atoms with van der Waals surface area (Å²) in [4.78, 5) is 16.2. The van der Waals surface area contributed by atoms with Crippen molar-refractivity contribution in [2.45, 2.75) is 39.5 Å². The lowest BCUT2D eigenvalue weighted by atomic mass is 9.99. The molecule has 0 atom stereocenters. The third kappa shape index (κ3) is 4.16. The zero-order valence-corrected chi connectivity index (χ0v) is 13.4. The molecule has 5 heteroatoms. The van der Waals surface area contributed by atoms with Crippen molar-refractivity contribution >= 4 is 11.7 Å². The first kappa shape index (κ1) is 15.7. The molecule has 116 valence electrons. The standard InChI is InChI=1S/C16H26N4O/c1-4-5-10-19(3)16(21)14-6-7-15(18-17-14)20-11-8-13(2)9-12-20/h6-7,13H,4-5,8-12H2,1-3H3. The molecule has 5 nitrogen and oxygen atoms in total. The number of rotatable bonds is 5. The van der Waals surface area contributed by atoms with Gasteiger partial charge in [-0.3, -0.25) is 4.79 Å². The molecular formula is C16H26N4O. The summed E-state index contributed by atoms with van der Waals surface area (Å²) in [5.41, 5.74) is 0.433. The molecule has 0 unspecified atom stereocenters. The summed E-state index contributed by atoms with van der Waals surface area (Å²) in [5.74, 6) is 1.63. The Balaban J connectivity index is 1.96. The van der Waals surface area contributed by atoms with Crippen molar-refractivity contribution in [1.82, 2.24) is 15.1 Å². The van der Waals surface area contributed by atoms with Gasteiger partial charge in [-0.15, -0.1) is 10.2 Å². The molecule has 0 saturated carbocycles. The Hall–Kier alpha value is -1.65. The Kier molecular flexibility index (Phi) is 5.53. The second-order valence-corrected chi connectivity index (χ2v) is 6.03. The van der Waals surface area contributed by atoms with E-state index in [1.165, 1.54) is 12.8 Å². The Bertz CT molecular complexity index is 452. The summed E-state index contributed by atoms with van der Waals surface area (Å²) in [6.07, 6.45) is 4.49. The molecule has 1 aromatic heterocycles. The second kappa shape index (κ2) is 7.38. The van der Waals surface area contributed by atoms with Gasteiger partial charge >= 0.3 is 0 Å². The van der Waals surface area contributed by atoms with Crippen LogP contribution in [0, 0.1) is 5.92 Å². The van der Waals surface area contributed by atoms with Gasteiger partial charge in [0.25, 0.3) is 5.91 Å². The van der Waals surface area contributed by atoms with E-state index in [0.717, 1.165) is 44.2 Å². The molecule has 0 aromatic carbocycles. The van der Waals surface area contributed by atoms with E-state index < -0.39 is 0 Å². The van der Waals surface area contributed by atoms with Crippen LogP contribution in [0.25, 0.3) is 0 Å². The molecule has 1 saturated heterocycles. The molecule has 1 fully saturated rings. The topological polar surface area (TPSA) is 49.3 Å². The summed E-state index contributed by atoms with van der Waals surface area (Å²) in [7, 11) is 1.82. The van der Waals surface area contributed by atoms with Gasteiger partial charge in [0.15, 0.2) is 11.5 Å². The van der Waals surface area contributed by atoms with E-state index >= 15 is 0 Å². The van der Waals surface area contributed by atoms with Gasteiger partial charge in [-0.2, -0.15) is 0 Å². The highest BCUT2D eigenvalue weighted by Crippen LogP contribution is 2.20. The first-order valence-corrected chi connectivity index (χ1v) is 7.96. The highest BCUT2D eigenvalue weighted by Gasteiger charge is 2.18. The van der Waals surface area contributed by atoms with Crippen molar-refractivity contribution in [2.24, 2.45) is 5.92 Å². The lowest BCUT2D eigenvalue weighted by Gasteiger charge is -2.30. The first-order valence-electron chi connectivity index (χ1n) is 7.96. The molecule has 21 heavy (non-hydrogen) atoms. The van der Waals surface area contributed by atoms with Crippen molar-refractivity contribution in [1.29, 1.82) is 0 Å². The van der Waals surface area contributed by atoms with E-state index in [0.29, 0.717) is 5.69 Å². The fourth-order valence-electron chi connectivity index (χ4n) is 2.54. The number of anilines is 1. The largest absolute Gasteiger partial charge is 0.355 e. The predicted molar refractivity (Wildman–Crippen MR) is 84.5 cm³/mol. The highest BCUT2D eigenvalue weighted by molar-refractivity contribution is 5.92. The monoisotopic (exact) mass is 290 g/mol.